The van der Waals surface area contributed by atoms with Crippen LogP contribution in [0.15, 0.2) is 42.5 Å². The number of aliphatic hydroxyl groups excluding tert-OH is 1. The molecule has 2 aromatic rings. The zero-order valence-electron chi connectivity index (χ0n) is 10.0. The van der Waals surface area contributed by atoms with Crippen LogP contribution in [0.5, 0.6) is 0 Å². The van der Waals surface area contributed by atoms with Crippen molar-refractivity contribution < 1.29 is 5.11 Å². The largest absolute Gasteiger partial charge is 0.388 e. The van der Waals surface area contributed by atoms with Gasteiger partial charge in [-0.2, -0.15) is 0 Å². The van der Waals surface area contributed by atoms with Gasteiger partial charge in [0.25, 0.3) is 0 Å². The predicted molar refractivity (Wildman–Crippen MR) is 76.3 cm³/mol. The average molecular weight is 281 g/mol. The van der Waals surface area contributed by atoms with Crippen molar-refractivity contribution in [3.05, 3.63) is 69.2 Å². The Kier molecular flexibility index (Phi) is 4.28. The Morgan fingerprint density at radius 1 is 1.11 bits per heavy atom. The summed E-state index contributed by atoms with van der Waals surface area (Å²) in [5.74, 6) is 0. The van der Waals surface area contributed by atoms with Crippen LogP contribution in [-0.2, 0) is 6.42 Å². The molecule has 0 spiro atoms. The lowest BCUT2D eigenvalue weighted by Gasteiger charge is -2.13. The summed E-state index contributed by atoms with van der Waals surface area (Å²) in [4.78, 5) is 0. The molecule has 1 N–H and O–H groups in total. The minimum atomic E-state index is -0.595. The van der Waals surface area contributed by atoms with Gasteiger partial charge in [0.1, 0.15) is 0 Å². The van der Waals surface area contributed by atoms with Crippen molar-refractivity contribution in [3.8, 4) is 0 Å². The first-order valence-electron chi connectivity index (χ1n) is 5.75. The van der Waals surface area contributed by atoms with Crippen LogP contribution < -0.4 is 0 Å². The zero-order valence-corrected chi connectivity index (χ0v) is 11.5. The van der Waals surface area contributed by atoms with Crippen LogP contribution in [0.3, 0.4) is 0 Å². The molecule has 0 aliphatic rings. The number of aryl methyl sites for hydroxylation is 1. The second-order valence-corrected chi connectivity index (χ2v) is 5.22. The Morgan fingerprint density at radius 3 is 2.50 bits per heavy atom. The number of benzene rings is 2. The van der Waals surface area contributed by atoms with Crippen LogP contribution in [0, 0.1) is 6.92 Å². The standard InChI is InChI=1S/C15H14Cl2O/c1-10-6-12(8-13(16)7-10)15(18)9-11-4-2-3-5-14(11)17/h2-8,15,18H,9H2,1H3. The Labute approximate surface area is 117 Å². The Hall–Kier alpha value is -1.02. The highest BCUT2D eigenvalue weighted by atomic mass is 35.5. The molecule has 1 atom stereocenters. The number of hydrogen-bond acceptors (Lipinski definition) is 1. The summed E-state index contributed by atoms with van der Waals surface area (Å²) >= 11 is 12.1. The molecule has 0 bridgehead atoms. The van der Waals surface area contributed by atoms with Crippen LogP contribution in [-0.4, -0.2) is 5.11 Å². The summed E-state index contributed by atoms with van der Waals surface area (Å²) in [6, 6.07) is 13.1. The van der Waals surface area contributed by atoms with Crippen molar-refractivity contribution in [1.82, 2.24) is 0 Å². The third-order valence-electron chi connectivity index (χ3n) is 2.82. The molecular formula is C15H14Cl2O. The predicted octanol–water partition coefficient (Wildman–Crippen LogP) is 4.58. The van der Waals surface area contributed by atoms with E-state index >= 15 is 0 Å². The molecule has 0 fully saturated rings. The minimum Gasteiger partial charge on any atom is -0.388 e. The molecule has 0 aromatic heterocycles. The van der Waals surface area contributed by atoms with E-state index in [4.69, 9.17) is 23.2 Å². The summed E-state index contributed by atoms with van der Waals surface area (Å²) in [6.07, 6.45) is -0.110. The van der Waals surface area contributed by atoms with Crippen LogP contribution >= 0.6 is 23.2 Å². The fourth-order valence-corrected chi connectivity index (χ4v) is 2.46. The van der Waals surface area contributed by atoms with Crippen molar-refractivity contribution >= 4 is 23.2 Å². The fraction of sp³-hybridized carbons (Fsp3) is 0.200. The van der Waals surface area contributed by atoms with E-state index in [1.807, 2.05) is 43.3 Å². The van der Waals surface area contributed by atoms with Crippen LogP contribution in [0.1, 0.15) is 22.8 Å². The first-order chi connectivity index (χ1) is 8.56. The molecule has 0 saturated heterocycles. The highest BCUT2D eigenvalue weighted by molar-refractivity contribution is 6.31. The van der Waals surface area contributed by atoms with Crippen molar-refractivity contribution in [2.75, 3.05) is 0 Å². The maximum absolute atomic E-state index is 10.2. The van der Waals surface area contributed by atoms with Gasteiger partial charge in [-0.3, -0.25) is 0 Å². The van der Waals surface area contributed by atoms with Gasteiger partial charge in [-0.1, -0.05) is 47.5 Å². The van der Waals surface area contributed by atoms with Gasteiger partial charge in [0.15, 0.2) is 0 Å². The summed E-state index contributed by atoms with van der Waals surface area (Å²) in [6.45, 7) is 1.96. The van der Waals surface area contributed by atoms with Crippen molar-refractivity contribution in [2.45, 2.75) is 19.4 Å². The summed E-state index contributed by atoms with van der Waals surface area (Å²) < 4.78 is 0. The Balaban J connectivity index is 2.22. The molecule has 2 aromatic carbocycles. The minimum absolute atomic E-state index is 0.486. The molecule has 3 heteroatoms. The Bertz CT molecular complexity index is 532. The number of hydrogen-bond donors (Lipinski definition) is 1. The van der Waals surface area contributed by atoms with E-state index in [0.717, 1.165) is 16.7 Å². The molecule has 1 nitrogen and oxygen atoms in total. The van der Waals surface area contributed by atoms with Crippen molar-refractivity contribution in [1.29, 1.82) is 0 Å². The second kappa shape index (κ2) is 5.75. The van der Waals surface area contributed by atoms with E-state index in [2.05, 4.69) is 0 Å². The van der Waals surface area contributed by atoms with E-state index in [1.165, 1.54) is 0 Å². The number of aliphatic hydroxyl groups is 1. The first kappa shape index (κ1) is 13.4. The second-order valence-electron chi connectivity index (χ2n) is 4.37. The molecule has 18 heavy (non-hydrogen) atoms. The quantitative estimate of drug-likeness (QED) is 0.873. The normalized spacial score (nSPS) is 12.4. The van der Waals surface area contributed by atoms with E-state index in [-0.39, 0.29) is 0 Å². The fourth-order valence-electron chi connectivity index (χ4n) is 1.95. The van der Waals surface area contributed by atoms with Gasteiger partial charge in [-0.25, -0.2) is 0 Å². The van der Waals surface area contributed by atoms with Crippen LogP contribution in [0.25, 0.3) is 0 Å². The molecule has 0 heterocycles. The van der Waals surface area contributed by atoms with Gasteiger partial charge in [0.05, 0.1) is 6.10 Å². The van der Waals surface area contributed by atoms with Gasteiger partial charge in [0.2, 0.25) is 0 Å². The molecule has 1 unspecified atom stereocenters. The first-order valence-corrected chi connectivity index (χ1v) is 6.50. The molecule has 2 rings (SSSR count). The Morgan fingerprint density at radius 2 is 1.83 bits per heavy atom. The van der Waals surface area contributed by atoms with Gasteiger partial charge in [-0.15, -0.1) is 0 Å². The molecular weight excluding hydrogens is 267 g/mol. The van der Waals surface area contributed by atoms with Crippen molar-refractivity contribution in [3.63, 3.8) is 0 Å². The third kappa shape index (κ3) is 3.26. The SMILES string of the molecule is Cc1cc(Cl)cc(C(O)Cc2ccccc2Cl)c1. The smallest absolute Gasteiger partial charge is 0.0831 e. The molecule has 0 aliphatic heterocycles. The maximum Gasteiger partial charge on any atom is 0.0831 e. The van der Waals surface area contributed by atoms with E-state index in [0.29, 0.717) is 16.5 Å². The van der Waals surface area contributed by atoms with E-state index in [1.54, 1.807) is 6.07 Å². The third-order valence-corrected chi connectivity index (χ3v) is 3.41. The van der Waals surface area contributed by atoms with Crippen molar-refractivity contribution in [2.24, 2.45) is 0 Å². The molecule has 0 aliphatic carbocycles. The van der Waals surface area contributed by atoms with E-state index in [9.17, 15) is 5.11 Å². The molecule has 0 radical (unpaired) electrons. The number of halogens is 2. The lowest BCUT2D eigenvalue weighted by atomic mass is 10.00. The topological polar surface area (TPSA) is 20.2 Å². The van der Waals surface area contributed by atoms with Gasteiger partial charge >= 0.3 is 0 Å². The lowest BCUT2D eigenvalue weighted by Crippen LogP contribution is -2.02. The summed E-state index contributed by atoms with van der Waals surface area (Å²) in [5.41, 5.74) is 2.79. The molecule has 0 amide bonds. The van der Waals surface area contributed by atoms with E-state index < -0.39 is 6.10 Å². The zero-order chi connectivity index (χ0) is 13.1. The lowest BCUT2D eigenvalue weighted by molar-refractivity contribution is 0.178. The van der Waals surface area contributed by atoms with Gasteiger partial charge in [-0.05, 0) is 41.8 Å². The summed E-state index contributed by atoms with van der Waals surface area (Å²) in [7, 11) is 0. The highest BCUT2D eigenvalue weighted by Crippen LogP contribution is 2.25. The van der Waals surface area contributed by atoms with Gasteiger partial charge < -0.3 is 5.11 Å². The van der Waals surface area contributed by atoms with Gasteiger partial charge in [0, 0.05) is 16.5 Å². The maximum atomic E-state index is 10.2. The average Bonchev–Trinajstić information content (AvgIpc) is 2.31. The number of rotatable bonds is 3. The summed E-state index contributed by atoms with van der Waals surface area (Å²) in [5, 5.41) is 11.5. The molecule has 94 valence electrons. The van der Waals surface area contributed by atoms with Crippen LogP contribution in [0.4, 0.5) is 0 Å². The molecule has 0 saturated carbocycles. The highest BCUT2D eigenvalue weighted by Gasteiger charge is 2.11. The monoisotopic (exact) mass is 280 g/mol. The van der Waals surface area contributed by atoms with Crippen LogP contribution in [0.2, 0.25) is 10.0 Å².